The van der Waals surface area contributed by atoms with Gasteiger partial charge in [0.05, 0.1) is 20.6 Å². The van der Waals surface area contributed by atoms with Crippen molar-refractivity contribution in [3.05, 3.63) is 93.4 Å². The molecule has 0 aliphatic rings. The van der Waals surface area contributed by atoms with Gasteiger partial charge in [0.1, 0.15) is 12.6 Å². The number of benzene rings is 3. The number of amides is 2. The third kappa shape index (κ3) is 8.13. The number of sulfonamides is 1. The molecule has 0 radical (unpaired) electrons. The second-order valence-electron chi connectivity index (χ2n) is 9.63. The molecule has 3 aromatic rings. The molecule has 3 aromatic carbocycles. The van der Waals surface area contributed by atoms with Crippen LogP contribution in [0, 0.1) is 5.92 Å². The Bertz CT molecular complexity index is 1420. The zero-order valence-electron chi connectivity index (χ0n) is 22.5. The van der Waals surface area contributed by atoms with Crippen molar-refractivity contribution in [3.63, 3.8) is 0 Å². The van der Waals surface area contributed by atoms with Gasteiger partial charge < -0.3 is 10.2 Å². The summed E-state index contributed by atoms with van der Waals surface area (Å²) in [5, 5.41) is 3.94. The number of anilines is 1. The molecular formula is C29H32Cl3N3O4S. The molecule has 0 fully saturated rings. The summed E-state index contributed by atoms with van der Waals surface area (Å²) in [6.45, 7) is 5.66. The summed E-state index contributed by atoms with van der Waals surface area (Å²) >= 11 is 18.3. The average molecular weight is 625 g/mol. The van der Waals surface area contributed by atoms with E-state index in [0.717, 1.165) is 4.31 Å². The highest BCUT2D eigenvalue weighted by Gasteiger charge is 2.33. The van der Waals surface area contributed by atoms with E-state index in [1.54, 1.807) is 55.5 Å². The van der Waals surface area contributed by atoms with Crippen molar-refractivity contribution >= 4 is 62.3 Å². The van der Waals surface area contributed by atoms with Crippen molar-refractivity contribution < 1.29 is 18.0 Å². The van der Waals surface area contributed by atoms with Crippen LogP contribution in [0.4, 0.5) is 5.69 Å². The summed E-state index contributed by atoms with van der Waals surface area (Å²) < 4.78 is 28.6. The summed E-state index contributed by atoms with van der Waals surface area (Å²) in [7, 11) is -4.17. The Kier molecular flexibility index (Phi) is 11.3. The average Bonchev–Trinajstić information content (AvgIpc) is 2.92. The Morgan fingerprint density at radius 2 is 1.55 bits per heavy atom. The first kappa shape index (κ1) is 31.7. The fraction of sp³-hybridized carbons (Fsp3) is 0.310. The van der Waals surface area contributed by atoms with Crippen molar-refractivity contribution in [1.82, 2.24) is 10.2 Å². The smallest absolute Gasteiger partial charge is 0.264 e. The number of para-hydroxylation sites is 1. The summed E-state index contributed by atoms with van der Waals surface area (Å²) in [6, 6.07) is 18.2. The van der Waals surface area contributed by atoms with Gasteiger partial charge in [-0.15, -0.1) is 0 Å². The van der Waals surface area contributed by atoms with E-state index in [-0.39, 0.29) is 23.3 Å². The van der Waals surface area contributed by atoms with E-state index < -0.39 is 28.5 Å². The lowest BCUT2D eigenvalue weighted by Gasteiger charge is -2.33. The Hall–Kier alpha value is -2.78. The number of rotatable bonds is 12. The third-order valence-corrected chi connectivity index (χ3v) is 8.91. The van der Waals surface area contributed by atoms with Crippen LogP contribution in [0.25, 0.3) is 0 Å². The van der Waals surface area contributed by atoms with E-state index in [0.29, 0.717) is 39.3 Å². The fourth-order valence-electron chi connectivity index (χ4n) is 4.03. The number of hydrogen-bond acceptors (Lipinski definition) is 4. The highest BCUT2D eigenvalue weighted by Crippen LogP contribution is 2.27. The Morgan fingerprint density at radius 3 is 2.12 bits per heavy atom. The number of halogens is 3. The molecular weight excluding hydrogens is 593 g/mol. The maximum atomic E-state index is 14.0. The van der Waals surface area contributed by atoms with Gasteiger partial charge in [0, 0.05) is 18.1 Å². The van der Waals surface area contributed by atoms with Gasteiger partial charge in [-0.05, 0) is 66.4 Å². The first-order valence-corrected chi connectivity index (χ1v) is 15.4. The largest absolute Gasteiger partial charge is 0.354 e. The predicted octanol–water partition coefficient (Wildman–Crippen LogP) is 6.42. The highest BCUT2D eigenvalue weighted by molar-refractivity contribution is 7.92. The number of nitrogens with one attached hydrogen (secondary N) is 1. The molecule has 0 bridgehead atoms. The summed E-state index contributed by atoms with van der Waals surface area (Å²) in [5.41, 5.74) is 0.947. The van der Waals surface area contributed by atoms with E-state index in [4.69, 9.17) is 34.8 Å². The van der Waals surface area contributed by atoms with Crippen LogP contribution >= 0.6 is 34.8 Å². The van der Waals surface area contributed by atoms with E-state index >= 15 is 0 Å². The van der Waals surface area contributed by atoms with E-state index in [2.05, 4.69) is 5.32 Å². The maximum absolute atomic E-state index is 14.0. The van der Waals surface area contributed by atoms with Gasteiger partial charge in [0.25, 0.3) is 10.0 Å². The van der Waals surface area contributed by atoms with Gasteiger partial charge in [-0.2, -0.15) is 0 Å². The van der Waals surface area contributed by atoms with Gasteiger partial charge in [-0.25, -0.2) is 8.42 Å². The Morgan fingerprint density at radius 1 is 0.900 bits per heavy atom. The molecule has 11 heteroatoms. The van der Waals surface area contributed by atoms with Crippen LogP contribution in [-0.4, -0.2) is 44.3 Å². The van der Waals surface area contributed by atoms with Crippen LogP contribution in [0.3, 0.4) is 0 Å². The zero-order chi connectivity index (χ0) is 29.4. The van der Waals surface area contributed by atoms with Gasteiger partial charge in [0.15, 0.2) is 0 Å². The molecule has 40 heavy (non-hydrogen) atoms. The van der Waals surface area contributed by atoms with E-state index in [1.165, 1.54) is 29.2 Å². The van der Waals surface area contributed by atoms with Crippen molar-refractivity contribution in [1.29, 1.82) is 0 Å². The molecule has 214 valence electrons. The molecule has 3 rings (SSSR count). The number of carbonyl (C=O) groups excluding carboxylic acids is 2. The lowest BCUT2D eigenvalue weighted by Crippen LogP contribution is -2.52. The number of hydrogen-bond donors (Lipinski definition) is 1. The van der Waals surface area contributed by atoms with Crippen LogP contribution in [0.2, 0.25) is 15.1 Å². The second-order valence-corrected chi connectivity index (χ2v) is 12.7. The van der Waals surface area contributed by atoms with E-state index in [9.17, 15) is 18.0 Å². The summed E-state index contributed by atoms with van der Waals surface area (Å²) in [4.78, 5) is 28.6. The third-order valence-electron chi connectivity index (χ3n) is 6.13. The molecule has 0 aromatic heterocycles. The molecule has 1 N–H and O–H groups in total. The molecule has 1 atom stereocenters. The quantitative estimate of drug-likeness (QED) is 0.252. The van der Waals surface area contributed by atoms with Crippen LogP contribution in [0.15, 0.2) is 77.7 Å². The normalized spacial score (nSPS) is 12.2. The Balaban J connectivity index is 2.03. The van der Waals surface area contributed by atoms with Crippen molar-refractivity contribution in [2.45, 2.75) is 44.7 Å². The first-order valence-electron chi connectivity index (χ1n) is 12.8. The second kappa shape index (κ2) is 14.2. The predicted molar refractivity (Wildman–Crippen MR) is 161 cm³/mol. The number of nitrogens with zero attached hydrogens (tertiary/aromatic N) is 2. The van der Waals surface area contributed by atoms with Crippen molar-refractivity contribution in [3.8, 4) is 0 Å². The van der Waals surface area contributed by atoms with Gasteiger partial charge in [-0.3, -0.25) is 13.9 Å². The minimum atomic E-state index is -4.17. The lowest BCUT2D eigenvalue weighted by molar-refractivity contribution is -0.140. The fourth-order valence-corrected chi connectivity index (χ4v) is 5.89. The van der Waals surface area contributed by atoms with Gasteiger partial charge in [0.2, 0.25) is 11.8 Å². The summed E-state index contributed by atoms with van der Waals surface area (Å²) in [6.07, 6.45) is 0.312. The molecule has 0 unspecified atom stereocenters. The van der Waals surface area contributed by atoms with E-state index in [1.807, 2.05) is 13.8 Å². The molecule has 7 nitrogen and oxygen atoms in total. The van der Waals surface area contributed by atoms with Crippen LogP contribution < -0.4 is 9.62 Å². The SMILES string of the molecule is CC[C@H](C(=O)NCC(C)C)N(Cc1ccc(Cl)c(Cl)c1)C(=O)CN(c1ccccc1)S(=O)(=O)c1ccc(Cl)cc1. The highest BCUT2D eigenvalue weighted by atomic mass is 35.5. The van der Waals surface area contributed by atoms with Crippen LogP contribution in [-0.2, 0) is 26.2 Å². The Labute approximate surface area is 251 Å². The van der Waals surface area contributed by atoms with Crippen molar-refractivity contribution in [2.75, 3.05) is 17.4 Å². The zero-order valence-corrected chi connectivity index (χ0v) is 25.6. The van der Waals surface area contributed by atoms with Gasteiger partial charge >= 0.3 is 0 Å². The minimum Gasteiger partial charge on any atom is -0.354 e. The molecule has 0 aliphatic heterocycles. The molecule has 0 heterocycles. The first-order chi connectivity index (χ1) is 18.9. The van der Waals surface area contributed by atoms with Crippen LogP contribution in [0.5, 0.6) is 0 Å². The maximum Gasteiger partial charge on any atom is 0.264 e. The summed E-state index contributed by atoms with van der Waals surface area (Å²) in [5.74, 6) is -0.672. The minimum absolute atomic E-state index is 0.0208. The topological polar surface area (TPSA) is 86.8 Å². The lowest BCUT2D eigenvalue weighted by atomic mass is 10.1. The molecule has 0 aliphatic carbocycles. The standard InChI is InChI=1S/C29H32Cl3N3O4S/c1-4-27(29(37)33-17-20(2)3)34(18-21-10-15-25(31)26(32)16-21)28(36)19-35(23-8-6-5-7-9-23)40(38,39)24-13-11-22(30)12-14-24/h5-16,20,27H,4,17-19H2,1-3H3,(H,33,37)/t27-/m1/s1. The monoisotopic (exact) mass is 623 g/mol. The molecule has 0 saturated heterocycles. The van der Waals surface area contributed by atoms with Gasteiger partial charge in [-0.1, -0.05) is 79.8 Å². The van der Waals surface area contributed by atoms with Crippen molar-refractivity contribution in [2.24, 2.45) is 5.92 Å². The molecule has 0 saturated carbocycles. The molecule has 2 amide bonds. The van der Waals surface area contributed by atoms with Crippen LogP contribution in [0.1, 0.15) is 32.8 Å². The molecule has 0 spiro atoms. The number of carbonyl (C=O) groups is 2.